The lowest BCUT2D eigenvalue weighted by Crippen LogP contribution is -2.37. The molecule has 3 heterocycles. The molecule has 0 spiro atoms. The summed E-state index contributed by atoms with van der Waals surface area (Å²) in [5, 5.41) is 12.5. The Labute approximate surface area is 104 Å². The van der Waals surface area contributed by atoms with Crippen LogP contribution < -0.4 is 4.90 Å². The van der Waals surface area contributed by atoms with E-state index in [0.717, 1.165) is 42.0 Å². The van der Waals surface area contributed by atoms with Gasteiger partial charge in [0.1, 0.15) is 17.0 Å². The lowest BCUT2D eigenvalue weighted by Gasteiger charge is -2.32. The second-order valence-corrected chi connectivity index (χ2v) is 5.37. The van der Waals surface area contributed by atoms with Gasteiger partial charge >= 0.3 is 0 Å². The number of aliphatic hydroxyl groups excluding tert-OH is 1. The number of rotatable bonds is 2. The SMILES string of the molecule is OC[C@H]1CCCN(c2ncnc3sccc23)C1. The number of aliphatic hydroxyl groups is 1. The van der Waals surface area contributed by atoms with Crippen molar-refractivity contribution in [3.63, 3.8) is 0 Å². The molecule has 1 fully saturated rings. The zero-order valence-electron chi connectivity index (χ0n) is 9.54. The first-order chi connectivity index (χ1) is 8.38. The van der Waals surface area contributed by atoms with E-state index >= 15 is 0 Å². The lowest BCUT2D eigenvalue weighted by atomic mass is 9.99. The molecule has 17 heavy (non-hydrogen) atoms. The summed E-state index contributed by atoms with van der Waals surface area (Å²) in [6.45, 7) is 2.20. The first kappa shape index (κ1) is 10.9. The van der Waals surface area contributed by atoms with Gasteiger partial charge in [-0.2, -0.15) is 0 Å². The number of anilines is 1. The maximum atomic E-state index is 9.27. The summed E-state index contributed by atoms with van der Waals surface area (Å²) in [7, 11) is 0. The van der Waals surface area contributed by atoms with E-state index in [1.807, 2.05) is 0 Å². The molecular formula is C12H15N3OS. The van der Waals surface area contributed by atoms with Crippen LogP contribution in [-0.2, 0) is 0 Å². The lowest BCUT2D eigenvalue weighted by molar-refractivity contribution is 0.208. The van der Waals surface area contributed by atoms with Crippen LogP contribution >= 0.6 is 11.3 Å². The van der Waals surface area contributed by atoms with Crippen molar-refractivity contribution in [1.29, 1.82) is 0 Å². The fourth-order valence-electron chi connectivity index (χ4n) is 2.44. The summed E-state index contributed by atoms with van der Waals surface area (Å²) in [6, 6.07) is 2.08. The van der Waals surface area contributed by atoms with Crippen molar-refractivity contribution < 1.29 is 5.11 Å². The van der Waals surface area contributed by atoms with E-state index in [0.29, 0.717) is 5.92 Å². The minimum Gasteiger partial charge on any atom is -0.396 e. The molecule has 0 saturated carbocycles. The van der Waals surface area contributed by atoms with Crippen LogP contribution in [0.3, 0.4) is 0 Å². The Morgan fingerprint density at radius 1 is 1.47 bits per heavy atom. The minimum absolute atomic E-state index is 0.272. The highest BCUT2D eigenvalue weighted by Gasteiger charge is 2.21. The molecule has 4 nitrogen and oxygen atoms in total. The highest BCUT2D eigenvalue weighted by molar-refractivity contribution is 7.16. The Morgan fingerprint density at radius 2 is 2.41 bits per heavy atom. The van der Waals surface area contributed by atoms with Crippen molar-refractivity contribution in [1.82, 2.24) is 9.97 Å². The standard InChI is InChI=1S/C12H15N3OS/c16-7-9-2-1-4-15(6-9)11-10-3-5-17-12(10)14-8-13-11/h3,5,8-9,16H,1-2,4,6-7H2/t9-/m0/s1. The van der Waals surface area contributed by atoms with Crippen LogP contribution in [0.15, 0.2) is 17.8 Å². The van der Waals surface area contributed by atoms with E-state index < -0.39 is 0 Å². The highest BCUT2D eigenvalue weighted by Crippen LogP contribution is 2.29. The molecule has 0 aromatic carbocycles. The van der Waals surface area contributed by atoms with Gasteiger partial charge in [-0.15, -0.1) is 11.3 Å². The van der Waals surface area contributed by atoms with Crippen molar-refractivity contribution >= 4 is 27.4 Å². The van der Waals surface area contributed by atoms with Gasteiger partial charge in [-0.3, -0.25) is 0 Å². The zero-order chi connectivity index (χ0) is 11.7. The van der Waals surface area contributed by atoms with E-state index in [-0.39, 0.29) is 6.61 Å². The maximum Gasteiger partial charge on any atom is 0.140 e. The van der Waals surface area contributed by atoms with Gasteiger partial charge in [0.2, 0.25) is 0 Å². The van der Waals surface area contributed by atoms with Crippen LogP contribution in [0.1, 0.15) is 12.8 Å². The van der Waals surface area contributed by atoms with Crippen LogP contribution in [0, 0.1) is 5.92 Å². The Kier molecular flexibility index (Phi) is 2.94. The Bertz CT molecular complexity index is 513. The van der Waals surface area contributed by atoms with Gasteiger partial charge in [0.25, 0.3) is 0 Å². The molecule has 2 aromatic rings. The molecule has 1 atom stereocenters. The average Bonchev–Trinajstić information content (AvgIpc) is 2.87. The second kappa shape index (κ2) is 4.58. The highest BCUT2D eigenvalue weighted by atomic mass is 32.1. The van der Waals surface area contributed by atoms with E-state index in [1.165, 1.54) is 0 Å². The zero-order valence-corrected chi connectivity index (χ0v) is 10.4. The molecule has 0 aliphatic carbocycles. The third-order valence-corrected chi connectivity index (χ3v) is 4.14. The minimum atomic E-state index is 0.272. The molecule has 3 rings (SSSR count). The van der Waals surface area contributed by atoms with Crippen LogP contribution in [0.2, 0.25) is 0 Å². The molecule has 90 valence electrons. The smallest absolute Gasteiger partial charge is 0.140 e. The summed E-state index contributed by atoms with van der Waals surface area (Å²) in [6.07, 6.45) is 3.88. The quantitative estimate of drug-likeness (QED) is 0.883. The van der Waals surface area contributed by atoms with Crippen LogP contribution in [0.25, 0.3) is 10.2 Å². The Morgan fingerprint density at radius 3 is 3.29 bits per heavy atom. The fourth-order valence-corrected chi connectivity index (χ4v) is 3.16. The Balaban J connectivity index is 1.94. The van der Waals surface area contributed by atoms with Gasteiger partial charge in [-0.25, -0.2) is 9.97 Å². The average molecular weight is 249 g/mol. The molecule has 0 bridgehead atoms. The number of hydrogen-bond acceptors (Lipinski definition) is 5. The molecule has 2 aromatic heterocycles. The van der Waals surface area contributed by atoms with E-state index in [1.54, 1.807) is 17.7 Å². The number of thiophene rings is 1. The predicted octanol–water partition coefficient (Wildman–Crippen LogP) is 1.90. The molecule has 5 heteroatoms. The monoisotopic (exact) mass is 249 g/mol. The molecule has 1 aliphatic rings. The number of fused-ring (bicyclic) bond motifs is 1. The number of nitrogens with zero attached hydrogens (tertiary/aromatic N) is 3. The molecular weight excluding hydrogens is 234 g/mol. The molecule has 1 N–H and O–H groups in total. The molecule has 1 saturated heterocycles. The fraction of sp³-hybridized carbons (Fsp3) is 0.500. The summed E-state index contributed by atoms with van der Waals surface area (Å²) in [4.78, 5) is 12.0. The van der Waals surface area contributed by atoms with Crippen molar-refractivity contribution in [3.8, 4) is 0 Å². The van der Waals surface area contributed by atoms with E-state index in [2.05, 4.69) is 26.3 Å². The molecule has 1 aliphatic heterocycles. The van der Waals surface area contributed by atoms with Crippen molar-refractivity contribution in [2.75, 3.05) is 24.6 Å². The van der Waals surface area contributed by atoms with Gasteiger partial charge in [0, 0.05) is 19.7 Å². The summed E-state index contributed by atoms with van der Waals surface area (Å²) < 4.78 is 0. The summed E-state index contributed by atoms with van der Waals surface area (Å²) in [5.41, 5.74) is 0. The summed E-state index contributed by atoms with van der Waals surface area (Å²) >= 11 is 1.64. The number of piperidine rings is 1. The first-order valence-corrected chi connectivity index (χ1v) is 6.80. The third-order valence-electron chi connectivity index (χ3n) is 3.32. The number of hydrogen-bond donors (Lipinski definition) is 1. The van der Waals surface area contributed by atoms with Crippen molar-refractivity contribution in [3.05, 3.63) is 17.8 Å². The van der Waals surface area contributed by atoms with Gasteiger partial charge in [-0.05, 0) is 30.2 Å². The number of aromatic nitrogens is 2. The van der Waals surface area contributed by atoms with E-state index in [4.69, 9.17) is 0 Å². The van der Waals surface area contributed by atoms with Crippen LogP contribution in [0.4, 0.5) is 5.82 Å². The predicted molar refractivity (Wildman–Crippen MR) is 69.4 cm³/mol. The topological polar surface area (TPSA) is 49.2 Å². The van der Waals surface area contributed by atoms with Gasteiger partial charge in [0.15, 0.2) is 0 Å². The van der Waals surface area contributed by atoms with Gasteiger partial charge < -0.3 is 10.0 Å². The Hall–Kier alpha value is -1.20. The van der Waals surface area contributed by atoms with Gasteiger partial charge in [-0.1, -0.05) is 0 Å². The van der Waals surface area contributed by atoms with Crippen molar-refractivity contribution in [2.45, 2.75) is 12.8 Å². The van der Waals surface area contributed by atoms with Crippen LogP contribution in [-0.4, -0.2) is 34.8 Å². The van der Waals surface area contributed by atoms with Crippen LogP contribution in [0.5, 0.6) is 0 Å². The molecule has 0 amide bonds. The molecule has 0 unspecified atom stereocenters. The molecule has 0 radical (unpaired) electrons. The largest absolute Gasteiger partial charge is 0.396 e. The maximum absolute atomic E-state index is 9.27. The third kappa shape index (κ3) is 2.00. The van der Waals surface area contributed by atoms with Gasteiger partial charge in [0.05, 0.1) is 5.39 Å². The second-order valence-electron chi connectivity index (χ2n) is 4.47. The summed E-state index contributed by atoms with van der Waals surface area (Å²) in [5.74, 6) is 1.40. The van der Waals surface area contributed by atoms with E-state index in [9.17, 15) is 5.11 Å². The normalized spacial score (nSPS) is 21.0. The van der Waals surface area contributed by atoms with Crippen molar-refractivity contribution in [2.24, 2.45) is 5.92 Å². The first-order valence-electron chi connectivity index (χ1n) is 5.92.